The first-order valence-corrected chi connectivity index (χ1v) is 8.96. The van der Waals surface area contributed by atoms with Crippen LogP contribution in [0.1, 0.15) is 10.4 Å². The summed E-state index contributed by atoms with van der Waals surface area (Å²) in [5.41, 5.74) is 0.746. The van der Waals surface area contributed by atoms with Gasteiger partial charge in [0.25, 0.3) is 0 Å². The lowest BCUT2D eigenvalue weighted by Gasteiger charge is -2.20. The Hall–Kier alpha value is -0.480. The molecule has 2 nitrogen and oxygen atoms in total. The third kappa shape index (κ3) is 4.26. The molecule has 1 rings (SSSR count). The summed E-state index contributed by atoms with van der Waals surface area (Å²) in [5.74, 6) is 1.52. The first-order valence-electron chi connectivity index (χ1n) is 4.50. The van der Waals surface area contributed by atoms with Crippen LogP contribution in [0.5, 0.6) is 5.75 Å². The van der Waals surface area contributed by atoms with Crippen LogP contribution in [0.2, 0.25) is 0 Å². The molecule has 0 aliphatic carbocycles. The maximum Gasteiger partial charge on any atom is 0.171 e. The van der Waals surface area contributed by atoms with Gasteiger partial charge in [-0.2, -0.15) is 8.46 Å². The molecule has 0 bridgehead atoms. The summed E-state index contributed by atoms with van der Waals surface area (Å²) in [4.78, 5) is 11.8. The van der Waals surface area contributed by atoms with Crippen LogP contribution >= 0.6 is 23.3 Å². The van der Waals surface area contributed by atoms with Crippen molar-refractivity contribution in [1.82, 2.24) is 0 Å². The standard InChI is InChI=1S/C11H15BrO2S/c1-14-10-6-4-9(5-7-10)11(13)8-15(2,3)12/h4-7H,8H2,1-3H3. The van der Waals surface area contributed by atoms with Crippen LogP contribution < -0.4 is 4.74 Å². The first kappa shape index (κ1) is 12.6. The monoisotopic (exact) mass is 290 g/mol. The van der Waals surface area contributed by atoms with E-state index < -0.39 is 8.46 Å². The molecule has 4 heteroatoms. The largest absolute Gasteiger partial charge is 0.497 e. The second-order valence-electron chi connectivity index (χ2n) is 3.70. The van der Waals surface area contributed by atoms with Gasteiger partial charge in [-0.25, -0.2) is 0 Å². The second-order valence-corrected chi connectivity index (χ2v) is 12.1. The van der Waals surface area contributed by atoms with Crippen molar-refractivity contribution in [3.8, 4) is 5.75 Å². The number of ketones is 1. The Labute approximate surface area is 99.5 Å². The van der Waals surface area contributed by atoms with Crippen molar-refractivity contribution in [3.63, 3.8) is 0 Å². The highest BCUT2D eigenvalue weighted by Crippen LogP contribution is 2.48. The molecule has 0 aliphatic rings. The van der Waals surface area contributed by atoms with Crippen molar-refractivity contribution in [2.24, 2.45) is 0 Å². The Morgan fingerprint density at radius 1 is 1.33 bits per heavy atom. The smallest absolute Gasteiger partial charge is 0.171 e. The molecule has 0 unspecified atom stereocenters. The van der Waals surface area contributed by atoms with Gasteiger partial charge < -0.3 is 4.74 Å². The third-order valence-corrected chi connectivity index (χ3v) is 3.52. The van der Waals surface area contributed by atoms with E-state index in [9.17, 15) is 4.79 Å². The molecule has 0 fully saturated rings. The zero-order valence-corrected chi connectivity index (χ0v) is 11.5. The second kappa shape index (κ2) is 5.03. The van der Waals surface area contributed by atoms with E-state index in [1.807, 2.05) is 12.1 Å². The molecule has 15 heavy (non-hydrogen) atoms. The number of halogens is 1. The zero-order chi connectivity index (χ0) is 11.5. The molecule has 1 aromatic rings. The minimum absolute atomic E-state index is 0.175. The van der Waals surface area contributed by atoms with Gasteiger partial charge in [0.05, 0.1) is 7.11 Å². The molecule has 0 radical (unpaired) electrons. The lowest BCUT2D eigenvalue weighted by molar-refractivity contribution is 0.102. The fourth-order valence-electron chi connectivity index (χ4n) is 1.17. The number of benzene rings is 1. The van der Waals surface area contributed by atoms with Crippen molar-refractivity contribution in [2.45, 2.75) is 0 Å². The maximum atomic E-state index is 11.8. The van der Waals surface area contributed by atoms with Crippen molar-refractivity contribution in [1.29, 1.82) is 0 Å². The van der Waals surface area contributed by atoms with Gasteiger partial charge >= 0.3 is 0 Å². The molecule has 0 aromatic heterocycles. The van der Waals surface area contributed by atoms with Crippen LogP contribution in [0.25, 0.3) is 0 Å². The van der Waals surface area contributed by atoms with Gasteiger partial charge in [0.15, 0.2) is 5.78 Å². The maximum absolute atomic E-state index is 11.8. The highest BCUT2D eigenvalue weighted by molar-refractivity contribution is 9.58. The summed E-state index contributed by atoms with van der Waals surface area (Å²) < 4.78 is 5.03. The Balaban J connectivity index is 2.75. The van der Waals surface area contributed by atoms with Gasteiger partial charge in [0.1, 0.15) is 5.75 Å². The summed E-state index contributed by atoms with van der Waals surface area (Å²) in [6, 6.07) is 7.23. The number of carbonyl (C=O) groups is 1. The molecule has 1 aromatic carbocycles. The van der Waals surface area contributed by atoms with E-state index in [0.717, 1.165) is 11.3 Å². The average molecular weight is 291 g/mol. The highest BCUT2D eigenvalue weighted by Gasteiger charge is 2.14. The van der Waals surface area contributed by atoms with Crippen molar-refractivity contribution in [2.75, 3.05) is 25.4 Å². The molecule has 0 N–H and O–H groups in total. The SMILES string of the molecule is COc1ccc(C(=O)CS(C)(C)Br)cc1. The fourth-order valence-corrected chi connectivity index (χ4v) is 2.59. The number of hydrogen-bond acceptors (Lipinski definition) is 2. The van der Waals surface area contributed by atoms with Crippen LogP contribution in [0.3, 0.4) is 0 Å². The Bertz CT molecular complexity index is 341. The minimum Gasteiger partial charge on any atom is -0.497 e. The van der Waals surface area contributed by atoms with Gasteiger partial charge in [-0.15, -0.1) is 0 Å². The Morgan fingerprint density at radius 2 is 1.87 bits per heavy atom. The topological polar surface area (TPSA) is 26.3 Å². The number of hydrogen-bond donors (Lipinski definition) is 0. The summed E-state index contributed by atoms with van der Waals surface area (Å²) in [5, 5.41) is 0. The molecular weight excluding hydrogens is 276 g/mol. The summed E-state index contributed by atoms with van der Waals surface area (Å²) in [6.07, 6.45) is 4.13. The number of rotatable bonds is 4. The molecule has 0 heterocycles. The molecule has 0 saturated heterocycles. The highest BCUT2D eigenvalue weighted by atomic mass is 79.9. The third-order valence-electron chi connectivity index (χ3n) is 1.89. The Kier molecular flexibility index (Phi) is 4.22. The predicted octanol–water partition coefficient (Wildman–Crippen LogP) is 3.25. The van der Waals surface area contributed by atoms with Crippen LogP contribution in [0.4, 0.5) is 0 Å². The molecule has 0 spiro atoms. The van der Waals surface area contributed by atoms with E-state index in [0.29, 0.717) is 5.75 Å². The van der Waals surface area contributed by atoms with Crippen molar-refractivity contribution >= 4 is 29.1 Å². The van der Waals surface area contributed by atoms with Crippen molar-refractivity contribution < 1.29 is 9.53 Å². The van der Waals surface area contributed by atoms with Crippen LogP contribution in [0, 0.1) is 0 Å². The summed E-state index contributed by atoms with van der Waals surface area (Å²) in [7, 11) is 0.658. The number of ether oxygens (including phenoxy) is 1. The lowest BCUT2D eigenvalue weighted by Crippen LogP contribution is -2.08. The van der Waals surface area contributed by atoms with Gasteiger partial charge in [-0.1, -0.05) is 0 Å². The van der Waals surface area contributed by atoms with E-state index in [2.05, 4.69) is 27.3 Å². The summed E-state index contributed by atoms with van der Waals surface area (Å²) >= 11 is 3.54. The van der Waals surface area contributed by atoms with Gasteiger partial charge in [-0.3, -0.25) is 4.79 Å². The molecule has 0 aliphatic heterocycles. The van der Waals surface area contributed by atoms with Crippen LogP contribution in [-0.4, -0.2) is 31.2 Å². The van der Waals surface area contributed by atoms with Gasteiger partial charge in [0.2, 0.25) is 0 Å². The quantitative estimate of drug-likeness (QED) is 0.796. The van der Waals surface area contributed by atoms with Crippen LogP contribution in [-0.2, 0) is 0 Å². The van der Waals surface area contributed by atoms with Gasteiger partial charge in [0, 0.05) is 11.3 Å². The molecule has 84 valence electrons. The minimum atomic E-state index is -0.955. The Morgan fingerprint density at radius 3 is 2.27 bits per heavy atom. The van der Waals surface area contributed by atoms with E-state index in [1.165, 1.54) is 0 Å². The normalized spacial score (nSPS) is 12.3. The van der Waals surface area contributed by atoms with Crippen LogP contribution in [0.15, 0.2) is 24.3 Å². The number of Topliss-reactive ketones (excluding diaryl/α,β-unsaturated/α-hetero) is 1. The molecule has 0 amide bonds. The van der Waals surface area contributed by atoms with E-state index in [-0.39, 0.29) is 5.78 Å². The zero-order valence-electron chi connectivity index (χ0n) is 9.12. The van der Waals surface area contributed by atoms with Gasteiger partial charge in [-0.05, 0) is 51.6 Å². The molecule has 0 atom stereocenters. The van der Waals surface area contributed by atoms with Crippen molar-refractivity contribution in [3.05, 3.63) is 29.8 Å². The molecule has 0 saturated carbocycles. The average Bonchev–Trinajstić information content (AvgIpc) is 2.15. The number of carbonyl (C=O) groups excluding carboxylic acids is 1. The molecular formula is C11H15BrO2S. The summed E-state index contributed by atoms with van der Waals surface area (Å²) in [6.45, 7) is 0. The fraction of sp³-hybridized carbons (Fsp3) is 0.364. The lowest BCUT2D eigenvalue weighted by atomic mass is 10.1. The predicted molar refractivity (Wildman–Crippen MR) is 70.6 cm³/mol. The first-order chi connectivity index (χ1) is 6.92. The van der Waals surface area contributed by atoms with E-state index in [1.54, 1.807) is 19.2 Å². The number of methoxy groups -OCH3 is 1. The van der Waals surface area contributed by atoms with E-state index in [4.69, 9.17) is 4.74 Å². The van der Waals surface area contributed by atoms with E-state index >= 15 is 0 Å².